The van der Waals surface area contributed by atoms with Crippen molar-refractivity contribution in [2.75, 3.05) is 0 Å². The molecule has 3 aromatic rings. The van der Waals surface area contributed by atoms with Crippen molar-refractivity contribution in [2.24, 2.45) is 5.73 Å². The largest absolute Gasteiger partial charge is 0.502 e. The van der Waals surface area contributed by atoms with Gasteiger partial charge in [-0.15, -0.1) is 10.2 Å². The standard InChI is InChI=1S/C22H22N4OS/c1-13(2)27-20-11-10-14(12-19(20)24-3)21-25-26-22(28-21)17-8-4-7-16-15(17)6-5-9-18(16)23/h4,7-8,10-13,18H,5-6,9,23H2,1-2H3/t18-/m1/s1. The molecule has 0 saturated carbocycles. The fourth-order valence-electron chi connectivity index (χ4n) is 3.63. The van der Waals surface area contributed by atoms with Crippen molar-refractivity contribution in [2.45, 2.75) is 45.3 Å². The van der Waals surface area contributed by atoms with Gasteiger partial charge in [-0.1, -0.05) is 35.6 Å². The molecule has 1 aliphatic rings. The quantitative estimate of drug-likeness (QED) is 0.594. The van der Waals surface area contributed by atoms with Gasteiger partial charge in [0.15, 0.2) is 0 Å². The summed E-state index contributed by atoms with van der Waals surface area (Å²) < 4.78 is 5.72. The molecular weight excluding hydrogens is 368 g/mol. The molecule has 4 rings (SSSR count). The minimum absolute atomic E-state index is 0.0233. The first-order valence-electron chi connectivity index (χ1n) is 9.46. The Labute approximate surface area is 169 Å². The van der Waals surface area contributed by atoms with Crippen LogP contribution in [0.2, 0.25) is 0 Å². The van der Waals surface area contributed by atoms with Crippen molar-refractivity contribution in [1.82, 2.24) is 10.2 Å². The van der Waals surface area contributed by atoms with E-state index in [0.29, 0.717) is 11.4 Å². The molecule has 2 aromatic carbocycles. The molecule has 0 amide bonds. The van der Waals surface area contributed by atoms with Crippen LogP contribution in [0.1, 0.15) is 43.9 Å². The molecule has 5 nitrogen and oxygen atoms in total. The van der Waals surface area contributed by atoms with Crippen molar-refractivity contribution in [3.8, 4) is 26.9 Å². The highest BCUT2D eigenvalue weighted by Crippen LogP contribution is 2.39. The Morgan fingerprint density at radius 2 is 2.04 bits per heavy atom. The highest BCUT2D eigenvalue weighted by molar-refractivity contribution is 7.17. The minimum atomic E-state index is 0.0233. The average Bonchev–Trinajstić information content (AvgIpc) is 3.18. The average molecular weight is 391 g/mol. The van der Waals surface area contributed by atoms with Gasteiger partial charge >= 0.3 is 0 Å². The highest BCUT2D eigenvalue weighted by atomic mass is 32.1. The Balaban J connectivity index is 1.70. The number of benzene rings is 2. The summed E-state index contributed by atoms with van der Waals surface area (Å²) >= 11 is 1.55. The van der Waals surface area contributed by atoms with Crippen LogP contribution in [0.3, 0.4) is 0 Å². The lowest BCUT2D eigenvalue weighted by Crippen LogP contribution is -2.17. The Kier molecular flexibility index (Phi) is 5.12. The van der Waals surface area contributed by atoms with Crippen LogP contribution < -0.4 is 10.5 Å². The van der Waals surface area contributed by atoms with Crippen molar-refractivity contribution < 1.29 is 4.74 Å². The third kappa shape index (κ3) is 3.51. The van der Waals surface area contributed by atoms with E-state index in [1.807, 2.05) is 32.0 Å². The Bertz CT molecular complexity index is 1050. The van der Waals surface area contributed by atoms with E-state index in [-0.39, 0.29) is 12.1 Å². The van der Waals surface area contributed by atoms with Crippen LogP contribution in [0.15, 0.2) is 36.4 Å². The fourth-order valence-corrected chi connectivity index (χ4v) is 4.52. The number of hydrogen-bond acceptors (Lipinski definition) is 5. The van der Waals surface area contributed by atoms with E-state index in [2.05, 4.69) is 33.2 Å². The maximum atomic E-state index is 7.45. The second-order valence-electron chi connectivity index (χ2n) is 7.25. The predicted molar refractivity (Wildman–Crippen MR) is 113 cm³/mol. The van der Waals surface area contributed by atoms with Crippen LogP contribution in [0, 0.1) is 6.57 Å². The molecule has 1 aliphatic carbocycles. The molecule has 0 bridgehead atoms. The summed E-state index contributed by atoms with van der Waals surface area (Å²) in [6, 6.07) is 12.0. The molecule has 2 N–H and O–H groups in total. The van der Waals surface area contributed by atoms with Gasteiger partial charge in [0.1, 0.15) is 15.8 Å². The molecule has 28 heavy (non-hydrogen) atoms. The summed E-state index contributed by atoms with van der Waals surface area (Å²) in [5, 5.41) is 10.5. The van der Waals surface area contributed by atoms with Crippen LogP contribution in [-0.4, -0.2) is 16.3 Å². The van der Waals surface area contributed by atoms with Gasteiger partial charge in [0.25, 0.3) is 0 Å². The third-order valence-corrected chi connectivity index (χ3v) is 5.90. The van der Waals surface area contributed by atoms with Crippen molar-refractivity contribution in [3.05, 3.63) is 58.9 Å². The zero-order valence-corrected chi connectivity index (χ0v) is 16.8. The molecule has 1 atom stereocenters. The van der Waals surface area contributed by atoms with E-state index in [9.17, 15) is 0 Å². The second kappa shape index (κ2) is 7.70. The third-order valence-electron chi connectivity index (χ3n) is 4.90. The summed E-state index contributed by atoms with van der Waals surface area (Å²) in [4.78, 5) is 3.61. The van der Waals surface area contributed by atoms with Gasteiger partial charge in [0, 0.05) is 17.2 Å². The van der Waals surface area contributed by atoms with Gasteiger partial charge in [0.05, 0.1) is 12.7 Å². The molecule has 0 saturated heterocycles. The van der Waals surface area contributed by atoms with Crippen LogP contribution >= 0.6 is 11.3 Å². The van der Waals surface area contributed by atoms with Gasteiger partial charge in [-0.05, 0) is 56.4 Å². The molecule has 0 aliphatic heterocycles. The smallest absolute Gasteiger partial charge is 0.228 e. The Morgan fingerprint density at radius 3 is 2.82 bits per heavy atom. The van der Waals surface area contributed by atoms with Gasteiger partial charge < -0.3 is 10.5 Å². The second-order valence-corrected chi connectivity index (χ2v) is 8.22. The first kappa shape index (κ1) is 18.6. The highest BCUT2D eigenvalue weighted by Gasteiger charge is 2.21. The molecule has 1 heterocycles. The lowest BCUT2D eigenvalue weighted by atomic mass is 9.85. The lowest BCUT2D eigenvalue weighted by molar-refractivity contribution is 0.244. The summed E-state index contributed by atoms with van der Waals surface area (Å²) in [7, 11) is 0. The number of rotatable bonds is 4. The minimum Gasteiger partial charge on any atom is -0.502 e. The number of nitrogens with zero attached hydrogens (tertiary/aromatic N) is 3. The van der Waals surface area contributed by atoms with Crippen LogP contribution in [0.5, 0.6) is 5.75 Å². The van der Waals surface area contributed by atoms with Gasteiger partial charge in [-0.3, -0.25) is 0 Å². The Morgan fingerprint density at radius 1 is 1.21 bits per heavy atom. The van der Waals surface area contributed by atoms with E-state index in [4.69, 9.17) is 17.0 Å². The SMILES string of the molecule is [C-]#[N+]c1cc(-c2nnc(-c3cccc4c3CCC[C@H]4N)s2)ccc1OC(C)C. The number of hydrogen-bond donors (Lipinski definition) is 1. The first-order chi connectivity index (χ1) is 13.6. The summed E-state index contributed by atoms with van der Waals surface area (Å²) in [5.74, 6) is 0.601. The maximum absolute atomic E-state index is 7.45. The zero-order valence-electron chi connectivity index (χ0n) is 16.0. The topological polar surface area (TPSA) is 65.4 Å². The summed E-state index contributed by atoms with van der Waals surface area (Å²) in [6.07, 6.45) is 3.18. The van der Waals surface area contributed by atoms with E-state index >= 15 is 0 Å². The Hall–Kier alpha value is -2.75. The van der Waals surface area contributed by atoms with Crippen LogP contribution in [0.25, 0.3) is 26.0 Å². The predicted octanol–water partition coefficient (Wildman–Crippen LogP) is 5.55. The zero-order chi connectivity index (χ0) is 19.7. The molecular formula is C22H22N4OS. The van der Waals surface area contributed by atoms with Crippen LogP contribution in [-0.2, 0) is 6.42 Å². The molecule has 1 aromatic heterocycles. The molecule has 0 radical (unpaired) electrons. The lowest BCUT2D eigenvalue weighted by Gasteiger charge is -2.23. The fraction of sp³-hybridized carbons (Fsp3) is 0.318. The van der Waals surface area contributed by atoms with Crippen LogP contribution in [0.4, 0.5) is 5.69 Å². The van der Waals surface area contributed by atoms with E-state index in [1.54, 1.807) is 11.3 Å². The normalized spacial score (nSPS) is 15.9. The van der Waals surface area contributed by atoms with Crippen molar-refractivity contribution in [3.63, 3.8) is 0 Å². The first-order valence-corrected chi connectivity index (χ1v) is 10.3. The van der Waals surface area contributed by atoms with Gasteiger partial charge in [-0.2, -0.15) is 0 Å². The summed E-state index contributed by atoms with van der Waals surface area (Å²) in [6.45, 7) is 11.4. The number of aromatic nitrogens is 2. The number of fused-ring (bicyclic) bond motifs is 1. The van der Waals surface area contributed by atoms with Crippen molar-refractivity contribution >= 4 is 17.0 Å². The van der Waals surface area contributed by atoms with E-state index < -0.39 is 0 Å². The number of ether oxygens (including phenoxy) is 1. The van der Waals surface area contributed by atoms with Crippen molar-refractivity contribution in [1.29, 1.82) is 0 Å². The van der Waals surface area contributed by atoms with E-state index in [0.717, 1.165) is 40.4 Å². The molecule has 6 heteroatoms. The maximum Gasteiger partial charge on any atom is 0.228 e. The monoisotopic (exact) mass is 390 g/mol. The molecule has 0 spiro atoms. The summed E-state index contributed by atoms with van der Waals surface area (Å²) in [5.41, 5.74) is 11.3. The molecule has 0 unspecified atom stereocenters. The van der Waals surface area contributed by atoms with Gasteiger partial charge in [0.2, 0.25) is 5.69 Å². The van der Waals surface area contributed by atoms with E-state index in [1.165, 1.54) is 11.1 Å². The van der Waals surface area contributed by atoms with Gasteiger partial charge in [-0.25, -0.2) is 4.85 Å². The molecule has 142 valence electrons. The number of nitrogens with two attached hydrogens (primary N) is 1. The molecule has 0 fully saturated rings.